The van der Waals surface area contributed by atoms with Gasteiger partial charge in [0.15, 0.2) is 0 Å². The number of anilines is 1. The Labute approximate surface area is 201 Å². The van der Waals surface area contributed by atoms with Crippen LogP contribution in [0, 0.1) is 11.3 Å². The predicted octanol–water partition coefficient (Wildman–Crippen LogP) is 5.18. The predicted molar refractivity (Wildman–Crippen MR) is 125 cm³/mol. The highest BCUT2D eigenvalue weighted by molar-refractivity contribution is 6.18. The summed E-state index contributed by atoms with van der Waals surface area (Å²) in [6.07, 6.45) is -2.53. The van der Waals surface area contributed by atoms with Gasteiger partial charge >= 0.3 is 6.18 Å². The first-order valence-electron chi connectivity index (χ1n) is 10.9. The Morgan fingerprint density at radius 1 is 0.971 bits per heavy atom. The number of nitriles is 1. The number of para-hydroxylation sites is 1. The van der Waals surface area contributed by atoms with Crippen molar-refractivity contribution in [2.75, 3.05) is 11.9 Å². The van der Waals surface area contributed by atoms with Crippen LogP contribution in [0.25, 0.3) is 0 Å². The van der Waals surface area contributed by atoms with Crippen LogP contribution < -0.4 is 4.90 Å². The Kier molecular flexibility index (Phi) is 5.89. The summed E-state index contributed by atoms with van der Waals surface area (Å²) in [6, 6.07) is 17.4. The van der Waals surface area contributed by atoms with Gasteiger partial charge < -0.3 is 4.90 Å². The van der Waals surface area contributed by atoms with Gasteiger partial charge in [0.1, 0.15) is 11.6 Å². The number of carbonyl (C=O) groups excluding carboxylic acids is 2. The smallest absolute Gasteiger partial charge is 0.347 e. The van der Waals surface area contributed by atoms with E-state index < -0.39 is 40.1 Å². The largest absolute Gasteiger partial charge is 0.418 e. The van der Waals surface area contributed by atoms with Crippen molar-refractivity contribution in [3.63, 3.8) is 0 Å². The molecule has 2 aliphatic rings. The lowest BCUT2D eigenvalue weighted by Gasteiger charge is -2.29. The zero-order valence-electron chi connectivity index (χ0n) is 19.3. The Morgan fingerprint density at radius 2 is 1.60 bits per heavy atom. The van der Waals surface area contributed by atoms with Gasteiger partial charge in [-0.2, -0.15) is 18.4 Å². The Bertz CT molecular complexity index is 1350. The SMILES string of the molecule is CN1C(=CC=C2C(=O)N(Cc3ccccc3)C(=O)C(C#N)=C2C(F)(F)F)C(C)(C)c2ccccc21. The number of amides is 2. The van der Waals surface area contributed by atoms with Crippen LogP contribution in [0.3, 0.4) is 0 Å². The van der Waals surface area contributed by atoms with Crippen molar-refractivity contribution in [1.29, 1.82) is 5.26 Å². The lowest BCUT2D eigenvalue weighted by molar-refractivity contribution is -0.144. The van der Waals surface area contributed by atoms with Gasteiger partial charge in [-0.3, -0.25) is 14.5 Å². The lowest BCUT2D eigenvalue weighted by Crippen LogP contribution is -2.44. The monoisotopic (exact) mass is 477 g/mol. The highest BCUT2D eigenvalue weighted by atomic mass is 19.4. The molecule has 0 saturated heterocycles. The average molecular weight is 477 g/mol. The van der Waals surface area contributed by atoms with E-state index in [0.29, 0.717) is 16.2 Å². The van der Waals surface area contributed by atoms with Gasteiger partial charge in [-0.1, -0.05) is 62.4 Å². The molecule has 2 aromatic carbocycles. The summed E-state index contributed by atoms with van der Waals surface area (Å²) in [5, 5.41) is 9.49. The third-order valence-corrected chi connectivity index (χ3v) is 6.38. The van der Waals surface area contributed by atoms with E-state index in [2.05, 4.69) is 0 Å². The second kappa shape index (κ2) is 8.58. The fraction of sp³-hybridized carbons (Fsp3) is 0.222. The highest BCUT2D eigenvalue weighted by Crippen LogP contribution is 2.47. The van der Waals surface area contributed by atoms with Crippen molar-refractivity contribution < 1.29 is 22.8 Å². The van der Waals surface area contributed by atoms with Crippen molar-refractivity contribution in [2.24, 2.45) is 0 Å². The van der Waals surface area contributed by atoms with Crippen LogP contribution in [0.5, 0.6) is 0 Å². The molecule has 178 valence electrons. The van der Waals surface area contributed by atoms with E-state index in [1.807, 2.05) is 43.0 Å². The first-order valence-corrected chi connectivity index (χ1v) is 10.9. The van der Waals surface area contributed by atoms with Gasteiger partial charge in [0.25, 0.3) is 11.8 Å². The van der Waals surface area contributed by atoms with E-state index in [-0.39, 0.29) is 6.54 Å². The number of benzene rings is 2. The molecule has 0 fully saturated rings. The summed E-state index contributed by atoms with van der Waals surface area (Å²) >= 11 is 0. The maximum Gasteiger partial charge on any atom is 0.418 e. The molecule has 5 nitrogen and oxygen atoms in total. The molecule has 2 aromatic rings. The number of imide groups is 1. The van der Waals surface area contributed by atoms with E-state index in [1.54, 1.807) is 37.4 Å². The summed E-state index contributed by atoms with van der Waals surface area (Å²) < 4.78 is 42.2. The number of rotatable bonds is 3. The molecule has 0 spiro atoms. The number of nitrogens with zero attached hydrogens (tertiary/aromatic N) is 3. The van der Waals surface area contributed by atoms with E-state index >= 15 is 0 Å². The van der Waals surface area contributed by atoms with E-state index in [9.17, 15) is 28.0 Å². The fourth-order valence-corrected chi connectivity index (χ4v) is 4.65. The molecule has 2 aliphatic heterocycles. The quantitative estimate of drug-likeness (QED) is 0.452. The van der Waals surface area contributed by atoms with Crippen molar-refractivity contribution >= 4 is 17.5 Å². The molecule has 2 amide bonds. The van der Waals surface area contributed by atoms with Gasteiger partial charge in [-0.15, -0.1) is 0 Å². The minimum atomic E-state index is -5.07. The molecule has 8 heteroatoms. The summed E-state index contributed by atoms with van der Waals surface area (Å²) in [5.41, 5.74) is -0.767. The number of allylic oxidation sites excluding steroid dienone is 3. The highest BCUT2D eigenvalue weighted by Gasteiger charge is 2.48. The van der Waals surface area contributed by atoms with Crippen LogP contribution >= 0.6 is 0 Å². The van der Waals surface area contributed by atoms with Crippen LogP contribution in [0.15, 0.2) is 89.2 Å². The maximum absolute atomic E-state index is 14.1. The van der Waals surface area contributed by atoms with Crippen LogP contribution in [-0.4, -0.2) is 29.9 Å². The molecular weight excluding hydrogens is 455 g/mol. The first-order chi connectivity index (χ1) is 16.5. The molecule has 0 aliphatic carbocycles. The molecule has 0 unspecified atom stereocenters. The third-order valence-electron chi connectivity index (χ3n) is 6.38. The zero-order valence-corrected chi connectivity index (χ0v) is 19.3. The molecule has 0 atom stereocenters. The standard InChI is InChI=1S/C27H22F3N3O2/c1-26(2)20-11-7-8-12-21(20)32(3)22(26)14-13-18-23(27(28,29)30)19(15-31)25(35)33(24(18)34)16-17-9-5-4-6-10-17/h4-14H,16H2,1-3H3. The van der Waals surface area contributed by atoms with Gasteiger partial charge in [0.2, 0.25) is 0 Å². The van der Waals surface area contributed by atoms with E-state index in [0.717, 1.165) is 17.3 Å². The molecule has 0 bridgehead atoms. The second-order valence-electron chi connectivity index (χ2n) is 8.88. The van der Waals surface area contributed by atoms with Crippen molar-refractivity contribution in [1.82, 2.24) is 4.90 Å². The zero-order chi connectivity index (χ0) is 25.5. The lowest BCUT2D eigenvalue weighted by atomic mass is 9.83. The third kappa shape index (κ3) is 4.03. The Balaban J connectivity index is 1.87. The summed E-state index contributed by atoms with van der Waals surface area (Å²) in [4.78, 5) is 28.6. The average Bonchev–Trinajstić information content (AvgIpc) is 3.01. The van der Waals surface area contributed by atoms with Crippen molar-refractivity contribution in [3.8, 4) is 6.07 Å². The Hall–Kier alpha value is -4.12. The number of hydrogen-bond acceptors (Lipinski definition) is 4. The van der Waals surface area contributed by atoms with Crippen LogP contribution in [0.2, 0.25) is 0 Å². The number of likely N-dealkylation sites (N-methyl/N-ethyl adjacent to an activating group) is 1. The van der Waals surface area contributed by atoms with E-state index in [4.69, 9.17) is 0 Å². The molecule has 0 radical (unpaired) electrons. The van der Waals surface area contributed by atoms with Crippen LogP contribution in [0.4, 0.5) is 18.9 Å². The molecule has 2 heterocycles. The molecule has 35 heavy (non-hydrogen) atoms. The first kappa shape index (κ1) is 24.0. The maximum atomic E-state index is 14.1. The molecule has 0 aromatic heterocycles. The molecular formula is C27H22F3N3O2. The van der Waals surface area contributed by atoms with E-state index in [1.165, 1.54) is 12.1 Å². The van der Waals surface area contributed by atoms with Gasteiger partial charge in [-0.05, 0) is 29.3 Å². The summed E-state index contributed by atoms with van der Waals surface area (Å²) in [5.74, 6) is -2.36. The normalized spacial score (nSPS) is 20.0. The minimum absolute atomic E-state index is 0.250. The minimum Gasteiger partial charge on any atom is -0.347 e. The number of halogens is 3. The Morgan fingerprint density at radius 3 is 2.20 bits per heavy atom. The number of alkyl halides is 3. The van der Waals surface area contributed by atoms with Crippen molar-refractivity contribution in [3.05, 3.63) is 100 Å². The molecule has 4 rings (SSSR count). The number of hydrogen-bond donors (Lipinski definition) is 0. The summed E-state index contributed by atoms with van der Waals surface area (Å²) in [7, 11) is 1.80. The van der Waals surface area contributed by atoms with Gasteiger partial charge in [-0.25, -0.2) is 0 Å². The van der Waals surface area contributed by atoms with Crippen LogP contribution in [0.1, 0.15) is 25.0 Å². The number of fused-ring (bicyclic) bond motifs is 1. The van der Waals surface area contributed by atoms with Crippen molar-refractivity contribution in [2.45, 2.75) is 32.0 Å². The van der Waals surface area contributed by atoms with Crippen LogP contribution in [-0.2, 0) is 21.5 Å². The topological polar surface area (TPSA) is 64.4 Å². The number of carbonyl (C=O) groups is 2. The van der Waals surface area contributed by atoms with Gasteiger partial charge in [0, 0.05) is 23.8 Å². The second-order valence-corrected chi connectivity index (χ2v) is 8.88. The molecule has 0 N–H and O–H groups in total. The fourth-order valence-electron chi connectivity index (χ4n) is 4.65. The van der Waals surface area contributed by atoms with Gasteiger partial charge in [0.05, 0.1) is 17.7 Å². The molecule has 0 saturated carbocycles. The summed E-state index contributed by atoms with van der Waals surface area (Å²) in [6.45, 7) is 3.63.